The fourth-order valence-electron chi connectivity index (χ4n) is 0.954. The van der Waals surface area contributed by atoms with Gasteiger partial charge in [-0.05, 0) is 24.6 Å². The van der Waals surface area contributed by atoms with Gasteiger partial charge in [-0.1, -0.05) is 0 Å². The minimum atomic E-state index is 0.473. The molecule has 0 aromatic heterocycles. The first-order valence-corrected chi connectivity index (χ1v) is 3.53. The van der Waals surface area contributed by atoms with E-state index in [0.29, 0.717) is 17.0 Å². The SMILES string of the molecule is COc1cc(C)c(N)cc1C#N. The number of ether oxygens (including phenoxy) is 1. The number of methoxy groups -OCH3 is 1. The molecule has 0 radical (unpaired) electrons. The summed E-state index contributed by atoms with van der Waals surface area (Å²) >= 11 is 0. The van der Waals surface area contributed by atoms with E-state index in [4.69, 9.17) is 15.7 Å². The first-order chi connectivity index (χ1) is 5.69. The molecule has 12 heavy (non-hydrogen) atoms. The van der Waals surface area contributed by atoms with Crippen LogP contribution in [0.5, 0.6) is 5.75 Å². The molecule has 0 aliphatic heterocycles. The van der Waals surface area contributed by atoms with Crippen molar-refractivity contribution in [3.05, 3.63) is 23.3 Å². The van der Waals surface area contributed by atoms with Crippen LogP contribution in [0, 0.1) is 18.3 Å². The summed E-state index contributed by atoms with van der Waals surface area (Å²) in [5.41, 5.74) is 7.63. The van der Waals surface area contributed by atoms with Crippen LogP contribution >= 0.6 is 0 Å². The Labute approximate surface area is 71.4 Å². The third-order valence-electron chi connectivity index (χ3n) is 1.71. The molecule has 0 saturated carbocycles. The van der Waals surface area contributed by atoms with Crippen molar-refractivity contribution in [1.29, 1.82) is 5.26 Å². The molecule has 0 saturated heterocycles. The maximum Gasteiger partial charge on any atom is 0.137 e. The summed E-state index contributed by atoms with van der Waals surface area (Å²) in [6.07, 6.45) is 0. The number of nitrogens with zero attached hydrogens (tertiary/aromatic N) is 1. The third-order valence-corrected chi connectivity index (χ3v) is 1.71. The zero-order valence-corrected chi connectivity index (χ0v) is 7.09. The van der Waals surface area contributed by atoms with Gasteiger partial charge < -0.3 is 10.5 Å². The van der Waals surface area contributed by atoms with Crippen LogP contribution < -0.4 is 10.5 Å². The van der Waals surface area contributed by atoms with Gasteiger partial charge in [0.05, 0.1) is 12.7 Å². The molecule has 3 nitrogen and oxygen atoms in total. The van der Waals surface area contributed by atoms with Crippen LogP contribution in [-0.2, 0) is 0 Å². The lowest BCUT2D eigenvalue weighted by molar-refractivity contribution is 0.413. The van der Waals surface area contributed by atoms with E-state index in [1.807, 2.05) is 13.0 Å². The van der Waals surface area contributed by atoms with Crippen LogP contribution in [-0.4, -0.2) is 7.11 Å². The van der Waals surface area contributed by atoms with E-state index >= 15 is 0 Å². The van der Waals surface area contributed by atoms with Gasteiger partial charge in [0, 0.05) is 5.69 Å². The van der Waals surface area contributed by atoms with Crippen molar-refractivity contribution in [3.8, 4) is 11.8 Å². The largest absolute Gasteiger partial charge is 0.495 e. The Morgan fingerprint density at radius 1 is 1.50 bits per heavy atom. The smallest absolute Gasteiger partial charge is 0.137 e. The molecule has 0 heterocycles. The van der Waals surface area contributed by atoms with Gasteiger partial charge in [0.15, 0.2) is 0 Å². The van der Waals surface area contributed by atoms with E-state index in [1.165, 1.54) is 7.11 Å². The van der Waals surface area contributed by atoms with Crippen LogP contribution in [0.15, 0.2) is 12.1 Å². The third kappa shape index (κ3) is 1.32. The Morgan fingerprint density at radius 3 is 2.67 bits per heavy atom. The van der Waals surface area contributed by atoms with Crippen molar-refractivity contribution in [1.82, 2.24) is 0 Å². The Kier molecular flexibility index (Phi) is 2.20. The molecule has 0 atom stereocenters. The highest BCUT2D eigenvalue weighted by Gasteiger charge is 2.04. The monoisotopic (exact) mass is 162 g/mol. The summed E-state index contributed by atoms with van der Waals surface area (Å²) in [6.45, 7) is 1.87. The van der Waals surface area contributed by atoms with Crippen LogP contribution in [0.25, 0.3) is 0 Å². The van der Waals surface area contributed by atoms with Gasteiger partial charge in [-0.25, -0.2) is 0 Å². The summed E-state index contributed by atoms with van der Waals surface area (Å²) < 4.78 is 4.99. The number of nitrogens with two attached hydrogens (primary N) is 1. The molecule has 2 N–H and O–H groups in total. The minimum Gasteiger partial charge on any atom is -0.495 e. The number of nitriles is 1. The second-order valence-electron chi connectivity index (χ2n) is 2.52. The minimum absolute atomic E-state index is 0.473. The molecule has 0 amide bonds. The number of anilines is 1. The fraction of sp³-hybridized carbons (Fsp3) is 0.222. The van der Waals surface area contributed by atoms with Gasteiger partial charge >= 0.3 is 0 Å². The van der Waals surface area contributed by atoms with Crippen molar-refractivity contribution in [3.63, 3.8) is 0 Å². The molecule has 0 fully saturated rings. The number of rotatable bonds is 1. The second-order valence-corrected chi connectivity index (χ2v) is 2.52. The topological polar surface area (TPSA) is 59.0 Å². The van der Waals surface area contributed by atoms with Crippen LogP contribution in [0.2, 0.25) is 0 Å². The van der Waals surface area contributed by atoms with Gasteiger partial charge in [0.1, 0.15) is 11.8 Å². The predicted octanol–water partition coefficient (Wildman–Crippen LogP) is 1.46. The zero-order valence-electron chi connectivity index (χ0n) is 7.09. The number of nitrogen functional groups attached to an aromatic ring is 1. The van der Waals surface area contributed by atoms with Crippen molar-refractivity contribution >= 4 is 5.69 Å². The van der Waals surface area contributed by atoms with Gasteiger partial charge in [0.25, 0.3) is 0 Å². The second kappa shape index (κ2) is 3.14. The molecule has 1 aromatic rings. The average Bonchev–Trinajstić information content (AvgIpc) is 2.09. The average molecular weight is 162 g/mol. The Balaban J connectivity index is 3.31. The highest BCUT2D eigenvalue weighted by molar-refractivity contribution is 5.57. The van der Waals surface area contributed by atoms with Gasteiger partial charge in [0.2, 0.25) is 0 Å². The number of hydrogen-bond donors (Lipinski definition) is 1. The first-order valence-electron chi connectivity index (χ1n) is 3.53. The van der Waals surface area contributed by atoms with E-state index in [-0.39, 0.29) is 0 Å². The lowest BCUT2D eigenvalue weighted by Gasteiger charge is -2.05. The first kappa shape index (κ1) is 8.41. The molecule has 0 bridgehead atoms. The summed E-state index contributed by atoms with van der Waals surface area (Å²) in [5.74, 6) is 0.573. The highest BCUT2D eigenvalue weighted by Crippen LogP contribution is 2.23. The van der Waals surface area contributed by atoms with Crippen molar-refractivity contribution in [2.45, 2.75) is 6.92 Å². The Bertz CT molecular complexity index is 339. The normalized spacial score (nSPS) is 9.08. The number of hydrogen-bond acceptors (Lipinski definition) is 3. The molecule has 0 unspecified atom stereocenters. The number of benzene rings is 1. The molecular weight excluding hydrogens is 152 g/mol. The molecule has 0 aliphatic rings. The van der Waals surface area contributed by atoms with E-state index in [2.05, 4.69) is 0 Å². The Morgan fingerprint density at radius 2 is 2.17 bits per heavy atom. The van der Waals surface area contributed by atoms with Crippen LogP contribution in [0.4, 0.5) is 5.69 Å². The maximum atomic E-state index is 8.68. The highest BCUT2D eigenvalue weighted by atomic mass is 16.5. The van der Waals surface area contributed by atoms with Crippen molar-refractivity contribution in [2.24, 2.45) is 0 Å². The van der Waals surface area contributed by atoms with Crippen LogP contribution in [0.3, 0.4) is 0 Å². The summed E-state index contributed by atoms with van der Waals surface area (Å²) in [4.78, 5) is 0. The molecule has 0 aliphatic carbocycles. The molecule has 1 rings (SSSR count). The summed E-state index contributed by atoms with van der Waals surface area (Å²) in [6, 6.07) is 5.39. The molecule has 1 aromatic carbocycles. The van der Waals surface area contributed by atoms with Crippen molar-refractivity contribution in [2.75, 3.05) is 12.8 Å². The zero-order chi connectivity index (χ0) is 9.14. The molecular formula is C9H10N2O. The van der Waals surface area contributed by atoms with E-state index in [9.17, 15) is 0 Å². The van der Waals surface area contributed by atoms with Crippen molar-refractivity contribution < 1.29 is 4.74 Å². The van der Waals surface area contributed by atoms with E-state index in [1.54, 1.807) is 12.1 Å². The van der Waals surface area contributed by atoms with E-state index < -0.39 is 0 Å². The van der Waals surface area contributed by atoms with Crippen LogP contribution in [0.1, 0.15) is 11.1 Å². The predicted molar refractivity (Wildman–Crippen MR) is 46.9 cm³/mol. The summed E-state index contributed by atoms with van der Waals surface area (Å²) in [7, 11) is 1.53. The van der Waals surface area contributed by atoms with E-state index in [0.717, 1.165) is 5.56 Å². The molecule has 3 heteroatoms. The van der Waals surface area contributed by atoms with Gasteiger partial charge in [-0.3, -0.25) is 0 Å². The van der Waals surface area contributed by atoms with Gasteiger partial charge in [-0.2, -0.15) is 5.26 Å². The maximum absolute atomic E-state index is 8.68. The number of aryl methyl sites for hydroxylation is 1. The lowest BCUT2D eigenvalue weighted by atomic mass is 10.1. The Hall–Kier alpha value is -1.69. The summed E-state index contributed by atoms with van der Waals surface area (Å²) in [5, 5.41) is 8.68. The fourth-order valence-corrected chi connectivity index (χ4v) is 0.954. The van der Waals surface area contributed by atoms with Gasteiger partial charge in [-0.15, -0.1) is 0 Å². The quantitative estimate of drug-likeness (QED) is 0.636. The molecule has 62 valence electrons. The molecule has 0 spiro atoms. The standard InChI is InChI=1S/C9H10N2O/c1-6-3-9(12-2)7(5-10)4-8(6)11/h3-4H,11H2,1-2H3. The lowest BCUT2D eigenvalue weighted by Crippen LogP contribution is -1.94.